The first-order valence-electron chi connectivity index (χ1n) is 6.76. The van der Waals surface area contributed by atoms with Crippen molar-refractivity contribution in [2.45, 2.75) is 45.1 Å². The molecule has 1 aliphatic carbocycles. The SMILES string of the molecule is CCC1CCCCC1C(O)c1cccc(N)c1. The first-order valence-corrected chi connectivity index (χ1v) is 6.76. The summed E-state index contributed by atoms with van der Waals surface area (Å²) < 4.78 is 0. The van der Waals surface area contributed by atoms with Gasteiger partial charge in [-0.1, -0.05) is 44.7 Å². The zero-order valence-corrected chi connectivity index (χ0v) is 10.6. The van der Waals surface area contributed by atoms with Crippen molar-refractivity contribution < 1.29 is 5.11 Å². The third-order valence-electron chi connectivity index (χ3n) is 4.15. The van der Waals surface area contributed by atoms with Crippen LogP contribution < -0.4 is 5.73 Å². The van der Waals surface area contributed by atoms with Crippen molar-refractivity contribution in [3.63, 3.8) is 0 Å². The summed E-state index contributed by atoms with van der Waals surface area (Å²) in [6.45, 7) is 2.23. The Balaban J connectivity index is 2.15. The van der Waals surface area contributed by atoms with Gasteiger partial charge in [-0.25, -0.2) is 0 Å². The fraction of sp³-hybridized carbons (Fsp3) is 0.600. The van der Waals surface area contributed by atoms with E-state index >= 15 is 0 Å². The van der Waals surface area contributed by atoms with E-state index in [9.17, 15) is 5.11 Å². The van der Waals surface area contributed by atoms with Gasteiger partial charge in [0.25, 0.3) is 0 Å². The summed E-state index contributed by atoms with van der Waals surface area (Å²) in [5.74, 6) is 1.08. The summed E-state index contributed by atoms with van der Waals surface area (Å²) in [6.07, 6.45) is 5.81. The van der Waals surface area contributed by atoms with Gasteiger partial charge in [0.05, 0.1) is 6.10 Å². The van der Waals surface area contributed by atoms with Crippen LogP contribution in [-0.4, -0.2) is 5.11 Å². The minimum Gasteiger partial charge on any atom is -0.399 e. The number of anilines is 1. The van der Waals surface area contributed by atoms with Gasteiger partial charge in [-0.15, -0.1) is 0 Å². The van der Waals surface area contributed by atoms with E-state index in [1.807, 2.05) is 24.3 Å². The summed E-state index contributed by atoms with van der Waals surface area (Å²) in [5.41, 5.74) is 7.50. The largest absolute Gasteiger partial charge is 0.399 e. The zero-order chi connectivity index (χ0) is 12.3. The standard InChI is InChI=1S/C15H23NO/c1-2-11-6-3-4-9-14(11)15(17)12-7-5-8-13(16)10-12/h5,7-8,10-11,14-15,17H,2-4,6,9,16H2,1H3. The average molecular weight is 233 g/mol. The predicted octanol–water partition coefficient (Wildman–Crippen LogP) is 3.52. The zero-order valence-electron chi connectivity index (χ0n) is 10.6. The summed E-state index contributed by atoms with van der Waals surface area (Å²) in [5, 5.41) is 10.5. The molecular weight excluding hydrogens is 210 g/mol. The molecule has 0 amide bonds. The lowest BCUT2D eigenvalue weighted by atomic mass is 9.73. The molecule has 2 rings (SSSR count). The van der Waals surface area contributed by atoms with E-state index in [4.69, 9.17) is 5.73 Å². The maximum atomic E-state index is 10.5. The highest BCUT2D eigenvalue weighted by atomic mass is 16.3. The molecule has 0 spiro atoms. The smallest absolute Gasteiger partial charge is 0.0821 e. The van der Waals surface area contributed by atoms with Crippen molar-refractivity contribution in [1.82, 2.24) is 0 Å². The topological polar surface area (TPSA) is 46.2 Å². The number of hydrogen-bond acceptors (Lipinski definition) is 2. The van der Waals surface area contributed by atoms with Gasteiger partial charge in [0.2, 0.25) is 0 Å². The third-order valence-corrected chi connectivity index (χ3v) is 4.15. The van der Waals surface area contributed by atoms with E-state index in [2.05, 4.69) is 6.92 Å². The van der Waals surface area contributed by atoms with E-state index in [1.165, 1.54) is 25.7 Å². The molecule has 94 valence electrons. The van der Waals surface area contributed by atoms with Crippen LogP contribution >= 0.6 is 0 Å². The highest BCUT2D eigenvalue weighted by molar-refractivity contribution is 5.41. The van der Waals surface area contributed by atoms with Crippen LogP contribution in [0, 0.1) is 11.8 Å². The summed E-state index contributed by atoms with van der Waals surface area (Å²) in [6, 6.07) is 7.69. The molecule has 17 heavy (non-hydrogen) atoms. The molecule has 0 bridgehead atoms. The fourth-order valence-corrected chi connectivity index (χ4v) is 3.15. The highest BCUT2D eigenvalue weighted by Crippen LogP contribution is 2.40. The van der Waals surface area contributed by atoms with Gasteiger partial charge in [0.1, 0.15) is 0 Å². The van der Waals surface area contributed by atoms with Gasteiger partial charge in [0.15, 0.2) is 0 Å². The number of benzene rings is 1. The number of rotatable bonds is 3. The van der Waals surface area contributed by atoms with Crippen molar-refractivity contribution in [2.24, 2.45) is 11.8 Å². The average Bonchev–Trinajstić information content (AvgIpc) is 2.38. The minimum atomic E-state index is -0.344. The van der Waals surface area contributed by atoms with Crippen LogP contribution in [-0.2, 0) is 0 Å². The normalized spacial score (nSPS) is 26.7. The Morgan fingerprint density at radius 2 is 2.12 bits per heavy atom. The predicted molar refractivity (Wildman–Crippen MR) is 71.6 cm³/mol. The van der Waals surface area contributed by atoms with Crippen LogP contribution in [0.4, 0.5) is 5.69 Å². The first kappa shape index (κ1) is 12.4. The molecule has 3 atom stereocenters. The second kappa shape index (κ2) is 5.54. The second-order valence-electron chi connectivity index (χ2n) is 5.23. The molecule has 0 radical (unpaired) electrons. The lowest BCUT2D eigenvalue weighted by Gasteiger charge is -2.34. The van der Waals surface area contributed by atoms with Crippen molar-refractivity contribution in [2.75, 3.05) is 5.73 Å². The number of hydrogen-bond donors (Lipinski definition) is 2. The summed E-state index contributed by atoms with van der Waals surface area (Å²) >= 11 is 0. The van der Waals surface area contributed by atoms with Gasteiger partial charge in [0, 0.05) is 5.69 Å². The molecule has 1 saturated carbocycles. The van der Waals surface area contributed by atoms with Crippen LogP contribution in [0.1, 0.15) is 50.7 Å². The van der Waals surface area contributed by atoms with Gasteiger partial charge in [-0.2, -0.15) is 0 Å². The molecular formula is C15H23NO. The van der Waals surface area contributed by atoms with E-state index < -0.39 is 0 Å². The third kappa shape index (κ3) is 2.81. The fourth-order valence-electron chi connectivity index (χ4n) is 3.15. The van der Waals surface area contributed by atoms with E-state index in [1.54, 1.807) is 0 Å². The highest BCUT2D eigenvalue weighted by Gasteiger charge is 2.30. The Morgan fingerprint density at radius 3 is 2.82 bits per heavy atom. The van der Waals surface area contributed by atoms with Crippen molar-refractivity contribution in [3.8, 4) is 0 Å². The van der Waals surface area contributed by atoms with Gasteiger partial charge < -0.3 is 10.8 Å². The lowest BCUT2D eigenvalue weighted by Crippen LogP contribution is -2.25. The van der Waals surface area contributed by atoms with Crippen LogP contribution in [0.2, 0.25) is 0 Å². The Labute approximate surface area is 104 Å². The lowest BCUT2D eigenvalue weighted by molar-refractivity contribution is 0.0452. The Morgan fingerprint density at radius 1 is 1.35 bits per heavy atom. The molecule has 1 aromatic carbocycles. The van der Waals surface area contributed by atoms with Crippen molar-refractivity contribution in [3.05, 3.63) is 29.8 Å². The van der Waals surface area contributed by atoms with Gasteiger partial charge in [-0.3, -0.25) is 0 Å². The van der Waals surface area contributed by atoms with E-state index in [-0.39, 0.29) is 6.10 Å². The number of aliphatic hydroxyl groups is 1. The molecule has 3 N–H and O–H groups in total. The number of nitrogen functional groups attached to an aromatic ring is 1. The first-order chi connectivity index (χ1) is 8.22. The van der Waals surface area contributed by atoms with Crippen LogP contribution in [0.5, 0.6) is 0 Å². The maximum Gasteiger partial charge on any atom is 0.0821 e. The maximum absolute atomic E-state index is 10.5. The van der Waals surface area contributed by atoms with Crippen LogP contribution in [0.25, 0.3) is 0 Å². The molecule has 1 aliphatic rings. The molecule has 2 nitrogen and oxygen atoms in total. The Bertz CT molecular complexity index is 364. The van der Waals surface area contributed by atoms with Crippen molar-refractivity contribution >= 4 is 5.69 Å². The van der Waals surface area contributed by atoms with E-state index in [0.717, 1.165) is 17.7 Å². The summed E-state index contributed by atoms with van der Waals surface area (Å²) in [4.78, 5) is 0. The molecule has 0 heterocycles. The van der Waals surface area contributed by atoms with Crippen LogP contribution in [0.15, 0.2) is 24.3 Å². The summed E-state index contributed by atoms with van der Waals surface area (Å²) in [7, 11) is 0. The number of nitrogens with two attached hydrogens (primary N) is 1. The molecule has 1 fully saturated rings. The monoisotopic (exact) mass is 233 g/mol. The molecule has 0 saturated heterocycles. The van der Waals surface area contributed by atoms with Crippen molar-refractivity contribution in [1.29, 1.82) is 0 Å². The number of aliphatic hydroxyl groups excluding tert-OH is 1. The Kier molecular flexibility index (Phi) is 4.06. The van der Waals surface area contributed by atoms with Gasteiger partial charge >= 0.3 is 0 Å². The molecule has 0 aromatic heterocycles. The molecule has 2 heteroatoms. The molecule has 3 unspecified atom stereocenters. The van der Waals surface area contributed by atoms with Crippen LogP contribution in [0.3, 0.4) is 0 Å². The quantitative estimate of drug-likeness (QED) is 0.785. The van der Waals surface area contributed by atoms with Gasteiger partial charge in [-0.05, 0) is 36.0 Å². The molecule has 1 aromatic rings. The Hall–Kier alpha value is -1.02. The van der Waals surface area contributed by atoms with E-state index in [0.29, 0.717) is 11.8 Å². The molecule has 0 aliphatic heterocycles. The minimum absolute atomic E-state index is 0.344. The second-order valence-corrected chi connectivity index (χ2v) is 5.23.